The van der Waals surface area contributed by atoms with Crippen molar-refractivity contribution < 1.29 is 22.7 Å². The molecule has 2 N–H and O–H groups in total. The summed E-state index contributed by atoms with van der Waals surface area (Å²) in [7, 11) is 1.75. The van der Waals surface area contributed by atoms with Crippen LogP contribution in [-0.4, -0.2) is 25.9 Å². The predicted octanol–water partition coefficient (Wildman–Crippen LogP) is 2.06. The maximum absolute atomic E-state index is 12.0. The van der Waals surface area contributed by atoms with Gasteiger partial charge in [0, 0.05) is 19.0 Å². The molecule has 1 atom stereocenters. The van der Waals surface area contributed by atoms with Crippen molar-refractivity contribution in [2.24, 2.45) is 5.92 Å². The molecule has 0 heterocycles. The average molecular weight is 290 g/mol. The van der Waals surface area contributed by atoms with Gasteiger partial charge in [-0.3, -0.25) is 4.79 Å². The minimum Gasteiger partial charge on any atom is -0.406 e. The second-order valence-corrected chi connectivity index (χ2v) is 4.37. The largest absolute Gasteiger partial charge is 0.573 e. The van der Waals surface area contributed by atoms with Crippen molar-refractivity contribution in [1.82, 2.24) is 10.6 Å². The van der Waals surface area contributed by atoms with Crippen LogP contribution >= 0.6 is 0 Å². The van der Waals surface area contributed by atoms with Crippen LogP contribution in [0.15, 0.2) is 24.3 Å². The number of alkyl halides is 3. The van der Waals surface area contributed by atoms with Gasteiger partial charge < -0.3 is 15.4 Å². The van der Waals surface area contributed by atoms with Gasteiger partial charge in [0.25, 0.3) is 0 Å². The Morgan fingerprint density at radius 1 is 1.30 bits per heavy atom. The van der Waals surface area contributed by atoms with E-state index in [-0.39, 0.29) is 24.1 Å². The molecular formula is C13H17F3N2O2. The highest BCUT2D eigenvalue weighted by molar-refractivity contribution is 5.78. The second kappa shape index (κ2) is 7.14. The van der Waals surface area contributed by atoms with E-state index in [0.717, 1.165) is 0 Å². The number of amides is 1. The summed E-state index contributed by atoms with van der Waals surface area (Å²) in [5, 5.41) is 5.60. The molecule has 20 heavy (non-hydrogen) atoms. The van der Waals surface area contributed by atoms with Gasteiger partial charge >= 0.3 is 6.36 Å². The van der Waals surface area contributed by atoms with Crippen molar-refractivity contribution in [3.8, 4) is 5.75 Å². The molecule has 1 unspecified atom stereocenters. The molecule has 7 heteroatoms. The van der Waals surface area contributed by atoms with Crippen LogP contribution in [0.5, 0.6) is 5.75 Å². The normalized spacial score (nSPS) is 12.8. The number of halogens is 3. The zero-order chi connectivity index (χ0) is 15.2. The quantitative estimate of drug-likeness (QED) is 0.843. The maximum atomic E-state index is 12.0. The third-order valence-corrected chi connectivity index (χ3v) is 2.58. The first-order chi connectivity index (χ1) is 9.31. The van der Waals surface area contributed by atoms with Gasteiger partial charge in [-0.25, -0.2) is 0 Å². The summed E-state index contributed by atoms with van der Waals surface area (Å²) in [6.45, 7) is 2.61. The van der Waals surface area contributed by atoms with Gasteiger partial charge in [0.2, 0.25) is 5.91 Å². The van der Waals surface area contributed by atoms with Crippen LogP contribution in [0.25, 0.3) is 0 Å². The van der Waals surface area contributed by atoms with E-state index >= 15 is 0 Å². The number of nitrogens with one attached hydrogen (secondary N) is 2. The van der Waals surface area contributed by atoms with Gasteiger partial charge in [0.1, 0.15) is 5.75 Å². The molecular weight excluding hydrogens is 273 g/mol. The van der Waals surface area contributed by atoms with Crippen LogP contribution in [-0.2, 0) is 11.3 Å². The van der Waals surface area contributed by atoms with E-state index < -0.39 is 6.36 Å². The molecule has 0 fully saturated rings. The molecule has 1 rings (SSSR count). The summed E-state index contributed by atoms with van der Waals surface area (Å²) in [5.74, 6) is -0.570. The molecule has 0 aliphatic rings. The van der Waals surface area contributed by atoms with E-state index in [1.807, 2.05) is 0 Å². The zero-order valence-electron chi connectivity index (χ0n) is 11.3. The standard InChI is InChI=1S/C13H17F3N2O2/c1-9(7-17-2)12(19)18-8-10-3-5-11(6-4-10)20-13(14,15)16/h3-6,9,17H,7-8H2,1-2H3,(H,18,19). The molecule has 0 aromatic heterocycles. The Kier molecular flexibility index (Phi) is 5.82. The fourth-order valence-corrected chi connectivity index (χ4v) is 1.57. The van der Waals surface area contributed by atoms with E-state index in [0.29, 0.717) is 12.1 Å². The summed E-state index contributed by atoms with van der Waals surface area (Å²) >= 11 is 0. The van der Waals surface area contributed by atoms with Crippen molar-refractivity contribution >= 4 is 5.91 Å². The van der Waals surface area contributed by atoms with Crippen LogP contribution in [0.1, 0.15) is 12.5 Å². The maximum Gasteiger partial charge on any atom is 0.573 e. The molecule has 112 valence electrons. The highest BCUT2D eigenvalue weighted by Crippen LogP contribution is 2.22. The van der Waals surface area contributed by atoms with Gasteiger partial charge in [-0.15, -0.1) is 13.2 Å². The highest BCUT2D eigenvalue weighted by atomic mass is 19.4. The van der Waals surface area contributed by atoms with E-state index in [1.54, 1.807) is 14.0 Å². The minimum atomic E-state index is -4.70. The molecule has 0 saturated carbocycles. The third-order valence-electron chi connectivity index (χ3n) is 2.58. The first kappa shape index (κ1) is 16.3. The lowest BCUT2D eigenvalue weighted by molar-refractivity contribution is -0.274. The lowest BCUT2D eigenvalue weighted by Gasteiger charge is -2.12. The van der Waals surface area contributed by atoms with Crippen molar-refractivity contribution in [2.75, 3.05) is 13.6 Å². The highest BCUT2D eigenvalue weighted by Gasteiger charge is 2.30. The van der Waals surface area contributed by atoms with Crippen LogP contribution in [0.2, 0.25) is 0 Å². The molecule has 0 radical (unpaired) electrons. The number of hydrogen-bond donors (Lipinski definition) is 2. The fourth-order valence-electron chi connectivity index (χ4n) is 1.57. The molecule has 4 nitrogen and oxygen atoms in total. The van der Waals surface area contributed by atoms with Crippen molar-refractivity contribution in [3.63, 3.8) is 0 Å². The van der Waals surface area contributed by atoms with Gasteiger partial charge in [-0.05, 0) is 24.7 Å². The molecule has 0 aliphatic carbocycles. The van der Waals surface area contributed by atoms with E-state index in [4.69, 9.17) is 0 Å². The molecule has 0 aliphatic heterocycles. The van der Waals surface area contributed by atoms with Crippen LogP contribution in [0.3, 0.4) is 0 Å². The van der Waals surface area contributed by atoms with E-state index in [1.165, 1.54) is 24.3 Å². The van der Waals surface area contributed by atoms with Crippen LogP contribution < -0.4 is 15.4 Å². The first-order valence-electron chi connectivity index (χ1n) is 6.09. The molecule has 0 bridgehead atoms. The molecule has 1 aromatic carbocycles. The number of hydrogen-bond acceptors (Lipinski definition) is 3. The Morgan fingerprint density at radius 2 is 1.90 bits per heavy atom. The number of carbonyl (C=O) groups excluding carboxylic acids is 1. The average Bonchev–Trinajstić information content (AvgIpc) is 2.36. The number of rotatable bonds is 6. The summed E-state index contributed by atoms with van der Waals surface area (Å²) in [4.78, 5) is 11.6. The van der Waals surface area contributed by atoms with Crippen molar-refractivity contribution in [1.29, 1.82) is 0 Å². The van der Waals surface area contributed by atoms with Crippen LogP contribution in [0, 0.1) is 5.92 Å². The molecule has 0 saturated heterocycles. The van der Waals surface area contributed by atoms with Gasteiger partial charge in [0.15, 0.2) is 0 Å². The SMILES string of the molecule is CNCC(C)C(=O)NCc1ccc(OC(F)(F)F)cc1. The first-order valence-corrected chi connectivity index (χ1v) is 6.09. The Hall–Kier alpha value is -1.76. The molecule has 1 aromatic rings. The Morgan fingerprint density at radius 3 is 2.40 bits per heavy atom. The van der Waals surface area contributed by atoms with Crippen LogP contribution in [0.4, 0.5) is 13.2 Å². The number of benzene rings is 1. The Labute approximate surface area is 115 Å². The zero-order valence-corrected chi connectivity index (χ0v) is 11.3. The van der Waals surface area contributed by atoms with Gasteiger partial charge in [-0.2, -0.15) is 0 Å². The van der Waals surface area contributed by atoms with Crippen molar-refractivity contribution in [2.45, 2.75) is 19.8 Å². The number of carbonyl (C=O) groups is 1. The molecule has 0 spiro atoms. The van der Waals surface area contributed by atoms with Gasteiger partial charge in [-0.1, -0.05) is 19.1 Å². The molecule has 1 amide bonds. The van der Waals surface area contributed by atoms with E-state index in [2.05, 4.69) is 15.4 Å². The minimum absolute atomic E-state index is 0.116. The third kappa shape index (κ3) is 5.92. The van der Waals surface area contributed by atoms with Gasteiger partial charge in [0.05, 0.1) is 0 Å². The Balaban J connectivity index is 2.48. The number of ether oxygens (including phenoxy) is 1. The monoisotopic (exact) mass is 290 g/mol. The lowest BCUT2D eigenvalue weighted by atomic mass is 10.1. The fraction of sp³-hybridized carbons (Fsp3) is 0.462. The lowest BCUT2D eigenvalue weighted by Crippen LogP contribution is -2.33. The topological polar surface area (TPSA) is 50.4 Å². The second-order valence-electron chi connectivity index (χ2n) is 4.37. The van der Waals surface area contributed by atoms with Crippen molar-refractivity contribution in [3.05, 3.63) is 29.8 Å². The predicted molar refractivity (Wildman–Crippen MR) is 68.1 cm³/mol. The summed E-state index contributed by atoms with van der Waals surface area (Å²) in [5.41, 5.74) is 0.699. The summed E-state index contributed by atoms with van der Waals surface area (Å²) in [6, 6.07) is 5.38. The Bertz CT molecular complexity index is 432. The van der Waals surface area contributed by atoms with E-state index in [9.17, 15) is 18.0 Å². The summed E-state index contributed by atoms with van der Waals surface area (Å²) < 4.78 is 39.7. The summed E-state index contributed by atoms with van der Waals surface area (Å²) in [6.07, 6.45) is -4.70. The smallest absolute Gasteiger partial charge is 0.406 e.